The lowest BCUT2D eigenvalue weighted by Gasteiger charge is -2.15. The van der Waals surface area contributed by atoms with Gasteiger partial charge in [0.15, 0.2) is 6.61 Å². The fraction of sp³-hybridized carbons (Fsp3) is 0.286. The summed E-state index contributed by atoms with van der Waals surface area (Å²) in [6, 6.07) is 12.3. The van der Waals surface area contributed by atoms with E-state index in [4.69, 9.17) is 4.74 Å². The van der Waals surface area contributed by atoms with Crippen LogP contribution in [0.2, 0.25) is 0 Å². The van der Waals surface area contributed by atoms with Gasteiger partial charge in [-0.1, -0.05) is 24.3 Å². The standard InChI is InChI=1S/C21H20FNO4S/c22-17-9-3-1-7-15(17)18(24)13-27-21(26)16-8-2-4-10-19(16)28-14-20(25)23-11-5-6-12-23/h1-4,7-10H,5-6,11-14H2. The first-order chi connectivity index (χ1) is 13.6. The number of esters is 1. The number of halogens is 1. The van der Waals surface area contributed by atoms with Crippen molar-refractivity contribution in [2.24, 2.45) is 0 Å². The van der Waals surface area contributed by atoms with E-state index in [-0.39, 0.29) is 22.8 Å². The summed E-state index contributed by atoms with van der Waals surface area (Å²) in [5, 5.41) is 0. The van der Waals surface area contributed by atoms with Crippen molar-refractivity contribution in [2.45, 2.75) is 17.7 Å². The van der Waals surface area contributed by atoms with Crippen molar-refractivity contribution < 1.29 is 23.5 Å². The Morgan fingerprint density at radius 2 is 1.61 bits per heavy atom. The van der Waals surface area contributed by atoms with Gasteiger partial charge in [-0.3, -0.25) is 9.59 Å². The van der Waals surface area contributed by atoms with E-state index < -0.39 is 24.2 Å². The molecule has 146 valence electrons. The summed E-state index contributed by atoms with van der Waals surface area (Å²) in [6.45, 7) is 1.01. The average molecular weight is 401 g/mol. The van der Waals surface area contributed by atoms with E-state index in [0.717, 1.165) is 25.9 Å². The van der Waals surface area contributed by atoms with Gasteiger partial charge in [-0.2, -0.15) is 0 Å². The highest BCUT2D eigenvalue weighted by Crippen LogP contribution is 2.24. The molecule has 0 bridgehead atoms. The predicted molar refractivity (Wildman–Crippen MR) is 104 cm³/mol. The van der Waals surface area contributed by atoms with Gasteiger partial charge in [-0.25, -0.2) is 9.18 Å². The molecule has 1 aliphatic heterocycles. The Balaban J connectivity index is 1.60. The van der Waals surface area contributed by atoms with Crippen LogP contribution in [-0.2, 0) is 9.53 Å². The van der Waals surface area contributed by atoms with Crippen LogP contribution >= 0.6 is 11.8 Å². The highest BCUT2D eigenvalue weighted by Gasteiger charge is 2.20. The third kappa shape index (κ3) is 4.98. The molecule has 0 atom stereocenters. The number of Topliss-reactive ketones (excluding diaryl/α,β-unsaturated/α-hetero) is 1. The van der Waals surface area contributed by atoms with Gasteiger partial charge in [-0.15, -0.1) is 11.8 Å². The van der Waals surface area contributed by atoms with Crippen LogP contribution in [0.15, 0.2) is 53.4 Å². The number of hydrogen-bond acceptors (Lipinski definition) is 5. The Hall–Kier alpha value is -2.67. The first-order valence-electron chi connectivity index (χ1n) is 9.00. The molecule has 5 nitrogen and oxygen atoms in total. The number of thioether (sulfide) groups is 1. The van der Waals surface area contributed by atoms with Gasteiger partial charge in [0, 0.05) is 18.0 Å². The molecule has 28 heavy (non-hydrogen) atoms. The van der Waals surface area contributed by atoms with Gasteiger partial charge in [-0.05, 0) is 37.1 Å². The summed E-state index contributed by atoms with van der Waals surface area (Å²) in [5.41, 5.74) is 0.164. The van der Waals surface area contributed by atoms with Crippen molar-refractivity contribution in [1.82, 2.24) is 4.90 Å². The molecule has 2 aromatic rings. The molecule has 1 aliphatic rings. The Labute approximate surface area is 166 Å². The number of ether oxygens (including phenoxy) is 1. The van der Waals surface area contributed by atoms with Gasteiger partial charge in [0.25, 0.3) is 0 Å². The summed E-state index contributed by atoms with van der Waals surface area (Å²) in [5.74, 6) is -1.67. The molecule has 0 unspecified atom stereocenters. The average Bonchev–Trinajstić information content (AvgIpc) is 3.25. The van der Waals surface area contributed by atoms with E-state index in [2.05, 4.69) is 0 Å². The molecule has 3 rings (SSSR count). The first-order valence-corrected chi connectivity index (χ1v) is 9.99. The third-order valence-corrected chi connectivity index (χ3v) is 5.48. The van der Waals surface area contributed by atoms with E-state index >= 15 is 0 Å². The molecular formula is C21H20FNO4S. The summed E-state index contributed by atoms with van der Waals surface area (Å²) >= 11 is 1.27. The van der Waals surface area contributed by atoms with E-state index in [1.165, 1.54) is 30.0 Å². The second kappa shape index (κ2) is 9.50. The largest absolute Gasteiger partial charge is 0.454 e. The van der Waals surface area contributed by atoms with Gasteiger partial charge < -0.3 is 9.64 Å². The number of benzene rings is 2. The number of hydrogen-bond donors (Lipinski definition) is 0. The van der Waals surface area contributed by atoms with Crippen LogP contribution in [0.4, 0.5) is 4.39 Å². The van der Waals surface area contributed by atoms with Crippen molar-refractivity contribution in [3.63, 3.8) is 0 Å². The first kappa shape index (κ1) is 20.1. The molecule has 1 fully saturated rings. The van der Waals surface area contributed by atoms with Crippen LogP contribution in [0.25, 0.3) is 0 Å². The second-order valence-electron chi connectivity index (χ2n) is 6.35. The van der Waals surface area contributed by atoms with Gasteiger partial charge in [0.2, 0.25) is 11.7 Å². The molecule has 1 amide bonds. The fourth-order valence-electron chi connectivity index (χ4n) is 2.93. The molecule has 2 aromatic carbocycles. The van der Waals surface area contributed by atoms with E-state index in [1.54, 1.807) is 30.3 Å². The number of rotatable bonds is 7. The molecular weight excluding hydrogens is 381 g/mol. The molecule has 0 aliphatic carbocycles. The normalized spacial score (nSPS) is 13.4. The van der Waals surface area contributed by atoms with Crippen molar-refractivity contribution in [3.05, 3.63) is 65.5 Å². The lowest BCUT2D eigenvalue weighted by Crippen LogP contribution is -2.29. The molecule has 0 spiro atoms. The predicted octanol–water partition coefficient (Wildman–Crippen LogP) is 3.58. The third-order valence-electron chi connectivity index (χ3n) is 4.43. The van der Waals surface area contributed by atoms with E-state index in [1.807, 2.05) is 4.90 Å². The minimum Gasteiger partial charge on any atom is -0.454 e. The number of ketones is 1. The lowest BCUT2D eigenvalue weighted by molar-refractivity contribution is -0.127. The zero-order valence-electron chi connectivity index (χ0n) is 15.2. The van der Waals surface area contributed by atoms with Gasteiger partial charge in [0.1, 0.15) is 5.82 Å². The second-order valence-corrected chi connectivity index (χ2v) is 7.37. The number of likely N-dealkylation sites (tertiary alicyclic amines) is 1. The molecule has 0 radical (unpaired) electrons. The summed E-state index contributed by atoms with van der Waals surface area (Å²) < 4.78 is 18.7. The summed E-state index contributed by atoms with van der Waals surface area (Å²) in [7, 11) is 0. The Morgan fingerprint density at radius 1 is 0.964 bits per heavy atom. The SMILES string of the molecule is O=C(COC(=O)c1ccccc1SCC(=O)N1CCCC1)c1ccccc1F. The molecule has 1 saturated heterocycles. The summed E-state index contributed by atoms with van der Waals surface area (Å²) in [6.07, 6.45) is 2.05. The zero-order chi connectivity index (χ0) is 19.9. The highest BCUT2D eigenvalue weighted by atomic mass is 32.2. The van der Waals surface area contributed by atoms with Crippen LogP contribution in [0, 0.1) is 5.82 Å². The Kier molecular flexibility index (Phi) is 6.81. The maximum Gasteiger partial charge on any atom is 0.339 e. The minimum absolute atomic E-state index is 0.0420. The van der Waals surface area contributed by atoms with Gasteiger partial charge in [0.05, 0.1) is 16.9 Å². The Bertz CT molecular complexity index is 880. The number of carbonyl (C=O) groups excluding carboxylic acids is 3. The zero-order valence-corrected chi connectivity index (χ0v) is 16.0. The number of carbonyl (C=O) groups is 3. The maximum absolute atomic E-state index is 13.7. The molecule has 0 saturated carbocycles. The number of amides is 1. The molecule has 1 heterocycles. The highest BCUT2D eigenvalue weighted by molar-refractivity contribution is 8.00. The number of nitrogens with zero attached hydrogens (tertiary/aromatic N) is 1. The summed E-state index contributed by atoms with van der Waals surface area (Å²) in [4.78, 5) is 39.1. The van der Waals surface area contributed by atoms with Crippen LogP contribution < -0.4 is 0 Å². The lowest BCUT2D eigenvalue weighted by atomic mass is 10.1. The van der Waals surface area contributed by atoms with Crippen LogP contribution in [0.1, 0.15) is 33.6 Å². The van der Waals surface area contributed by atoms with E-state index in [0.29, 0.717) is 4.90 Å². The van der Waals surface area contributed by atoms with Crippen LogP contribution in [-0.4, -0.2) is 48.0 Å². The van der Waals surface area contributed by atoms with E-state index in [9.17, 15) is 18.8 Å². The van der Waals surface area contributed by atoms with Crippen LogP contribution in [0.5, 0.6) is 0 Å². The molecule has 0 aromatic heterocycles. The molecule has 0 N–H and O–H groups in total. The van der Waals surface area contributed by atoms with Crippen molar-refractivity contribution in [3.8, 4) is 0 Å². The molecule has 7 heteroatoms. The van der Waals surface area contributed by atoms with Gasteiger partial charge >= 0.3 is 5.97 Å². The van der Waals surface area contributed by atoms with Crippen LogP contribution in [0.3, 0.4) is 0 Å². The topological polar surface area (TPSA) is 63.7 Å². The quantitative estimate of drug-likeness (QED) is 0.403. The monoisotopic (exact) mass is 401 g/mol. The van der Waals surface area contributed by atoms with Crippen molar-refractivity contribution >= 4 is 29.4 Å². The maximum atomic E-state index is 13.7. The van der Waals surface area contributed by atoms with Crippen molar-refractivity contribution in [1.29, 1.82) is 0 Å². The van der Waals surface area contributed by atoms with Crippen molar-refractivity contribution in [2.75, 3.05) is 25.4 Å². The minimum atomic E-state index is -0.679. The fourth-order valence-corrected chi connectivity index (χ4v) is 3.88. The smallest absolute Gasteiger partial charge is 0.339 e. The Morgan fingerprint density at radius 3 is 2.32 bits per heavy atom.